The summed E-state index contributed by atoms with van der Waals surface area (Å²) in [6.45, 7) is 3.14. The predicted molar refractivity (Wildman–Crippen MR) is 115 cm³/mol. The number of nitro benzene ring substituents is 1. The first-order valence-electron chi connectivity index (χ1n) is 9.55. The molecule has 0 spiro atoms. The zero-order chi connectivity index (χ0) is 21.1. The molecule has 0 saturated carbocycles. The number of nitrogens with zero attached hydrogens (tertiary/aromatic N) is 5. The van der Waals surface area contributed by atoms with Crippen LogP contribution in [0.4, 0.5) is 16.8 Å². The van der Waals surface area contributed by atoms with E-state index in [0.29, 0.717) is 40.7 Å². The molecule has 1 amide bonds. The fourth-order valence-electron chi connectivity index (χ4n) is 3.43. The van der Waals surface area contributed by atoms with Gasteiger partial charge in [0.25, 0.3) is 5.69 Å². The van der Waals surface area contributed by atoms with Gasteiger partial charge >= 0.3 is 0 Å². The van der Waals surface area contributed by atoms with E-state index in [0.717, 1.165) is 13.1 Å². The predicted octanol–water partition coefficient (Wildman–Crippen LogP) is 3.67. The summed E-state index contributed by atoms with van der Waals surface area (Å²) in [6, 6.07) is 6.79. The molecular weight excluding hydrogens is 404 g/mol. The number of carbonyl (C=O) groups excluding carboxylic acids is 1. The first-order valence-corrected chi connectivity index (χ1v) is 10.4. The van der Waals surface area contributed by atoms with Gasteiger partial charge in [0.15, 0.2) is 5.13 Å². The second-order valence-corrected chi connectivity index (χ2v) is 7.95. The highest BCUT2D eigenvalue weighted by Crippen LogP contribution is 2.30. The number of nitrogens with one attached hydrogen (secondary N) is 1. The molecule has 1 fully saturated rings. The molecule has 1 aliphatic rings. The van der Waals surface area contributed by atoms with Gasteiger partial charge in [-0.1, -0.05) is 12.1 Å². The van der Waals surface area contributed by atoms with E-state index in [1.54, 1.807) is 42.9 Å². The molecule has 1 N–H and O–H groups in total. The van der Waals surface area contributed by atoms with Crippen LogP contribution in [0.2, 0.25) is 0 Å². The first kappa shape index (κ1) is 19.9. The maximum Gasteiger partial charge on any atom is 0.272 e. The van der Waals surface area contributed by atoms with E-state index < -0.39 is 4.92 Å². The van der Waals surface area contributed by atoms with Crippen LogP contribution in [-0.4, -0.2) is 38.9 Å². The minimum absolute atomic E-state index is 0.0558. The minimum atomic E-state index is -0.402. The largest absolute Gasteiger partial charge is 0.341 e. The van der Waals surface area contributed by atoms with E-state index in [1.807, 2.05) is 0 Å². The molecule has 0 radical (unpaired) electrons. The molecule has 10 heteroatoms. The maximum absolute atomic E-state index is 12.7. The number of benzene rings is 1. The highest BCUT2D eigenvalue weighted by atomic mass is 32.1. The van der Waals surface area contributed by atoms with Crippen LogP contribution in [0.25, 0.3) is 11.3 Å². The molecule has 4 rings (SSSR count). The molecular formula is C20H20N6O3S. The highest BCUT2D eigenvalue weighted by molar-refractivity contribution is 7.14. The molecule has 3 aromatic rings. The van der Waals surface area contributed by atoms with Crippen LogP contribution in [0.3, 0.4) is 0 Å². The Balaban J connectivity index is 1.38. The van der Waals surface area contributed by atoms with Crippen LogP contribution in [0.15, 0.2) is 42.0 Å². The second-order valence-electron chi connectivity index (χ2n) is 7.10. The van der Waals surface area contributed by atoms with Gasteiger partial charge in [-0.05, 0) is 25.8 Å². The molecule has 30 heavy (non-hydrogen) atoms. The zero-order valence-corrected chi connectivity index (χ0v) is 17.1. The molecule has 0 unspecified atom stereocenters. The van der Waals surface area contributed by atoms with Crippen molar-refractivity contribution < 1.29 is 9.72 Å². The topological polar surface area (TPSA) is 114 Å². The molecule has 0 bridgehead atoms. The van der Waals surface area contributed by atoms with Crippen molar-refractivity contribution >= 4 is 34.0 Å². The summed E-state index contributed by atoms with van der Waals surface area (Å²) in [5.74, 6) is 0.533. The maximum atomic E-state index is 12.7. The third-order valence-electron chi connectivity index (χ3n) is 5.14. The molecule has 1 aromatic carbocycles. The Morgan fingerprint density at radius 2 is 2.00 bits per heavy atom. The van der Waals surface area contributed by atoms with Crippen molar-refractivity contribution in [3.05, 3.63) is 57.7 Å². The van der Waals surface area contributed by atoms with Gasteiger partial charge in [0, 0.05) is 54.0 Å². The quantitative estimate of drug-likeness (QED) is 0.491. The number of rotatable bonds is 5. The van der Waals surface area contributed by atoms with Gasteiger partial charge in [0.05, 0.1) is 10.6 Å². The summed E-state index contributed by atoms with van der Waals surface area (Å²) >= 11 is 1.31. The molecule has 1 aliphatic heterocycles. The number of hydrogen-bond donors (Lipinski definition) is 1. The van der Waals surface area contributed by atoms with Crippen molar-refractivity contribution in [3.63, 3.8) is 0 Å². The van der Waals surface area contributed by atoms with Gasteiger partial charge in [0.2, 0.25) is 11.9 Å². The Morgan fingerprint density at radius 3 is 2.70 bits per heavy atom. The fraction of sp³-hybridized carbons (Fsp3) is 0.300. The monoisotopic (exact) mass is 424 g/mol. The lowest BCUT2D eigenvalue weighted by atomic mass is 9.96. The van der Waals surface area contributed by atoms with Crippen LogP contribution >= 0.6 is 11.3 Å². The van der Waals surface area contributed by atoms with E-state index in [4.69, 9.17) is 0 Å². The minimum Gasteiger partial charge on any atom is -0.341 e. The Hall–Kier alpha value is -3.40. The zero-order valence-electron chi connectivity index (χ0n) is 16.3. The summed E-state index contributed by atoms with van der Waals surface area (Å²) in [5, 5.41) is 16.3. The van der Waals surface area contributed by atoms with Crippen molar-refractivity contribution in [1.82, 2.24) is 15.0 Å². The summed E-state index contributed by atoms with van der Waals surface area (Å²) < 4.78 is 0. The van der Waals surface area contributed by atoms with Crippen molar-refractivity contribution in [3.8, 4) is 11.3 Å². The van der Waals surface area contributed by atoms with Gasteiger partial charge in [-0.2, -0.15) is 0 Å². The van der Waals surface area contributed by atoms with Crippen LogP contribution in [0.1, 0.15) is 18.4 Å². The average Bonchev–Trinajstić information content (AvgIpc) is 3.23. The van der Waals surface area contributed by atoms with E-state index in [-0.39, 0.29) is 17.5 Å². The lowest BCUT2D eigenvalue weighted by Gasteiger charge is -2.30. The highest BCUT2D eigenvalue weighted by Gasteiger charge is 2.26. The number of aryl methyl sites for hydroxylation is 1. The van der Waals surface area contributed by atoms with Gasteiger partial charge in [-0.25, -0.2) is 15.0 Å². The van der Waals surface area contributed by atoms with Crippen LogP contribution in [-0.2, 0) is 4.79 Å². The van der Waals surface area contributed by atoms with Gasteiger partial charge in [-0.3, -0.25) is 14.9 Å². The first-order chi connectivity index (χ1) is 14.5. The van der Waals surface area contributed by atoms with Crippen molar-refractivity contribution in [2.24, 2.45) is 5.92 Å². The number of carbonyl (C=O) groups is 1. The van der Waals surface area contributed by atoms with E-state index in [9.17, 15) is 14.9 Å². The normalized spacial score (nSPS) is 14.5. The second kappa shape index (κ2) is 8.54. The summed E-state index contributed by atoms with van der Waals surface area (Å²) in [6.07, 6.45) is 4.85. The smallest absolute Gasteiger partial charge is 0.272 e. The fourth-order valence-corrected chi connectivity index (χ4v) is 4.16. The number of nitro groups is 1. The van der Waals surface area contributed by atoms with Crippen LogP contribution < -0.4 is 10.2 Å². The van der Waals surface area contributed by atoms with Crippen molar-refractivity contribution in [2.45, 2.75) is 19.8 Å². The Morgan fingerprint density at radius 1 is 1.27 bits per heavy atom. The van der Waals surface area contributed by atoms with E-state index in [1.165, 1.54) is 17.4 Å². The Labute approximate surface area is 177 Å². The number of piperidine rings is 1. The van der Waals surface area contributed by atoms with Crippen molar-refractivity contribution in [1.29, 1.82) is 0 Å². The third kappa shape index (κ3) is 4.28. The molecule has 9 nitrogen and oxygen atoms in total. The number of aromatic nitrogens is 3. The molecule has 3 heterocycles. The standard InChI is InChI=1S/C20H20N6O3S/c1-13-3-4-15(11-17(13)26(28)29)16-12-30-20(23-16)24-18(27)14-5-9-25(10-6-14)19-21-7-2-8-22-19/h2-4,7-8,11-12,14H,5-6,9-10H2,1H3,(H,23,24,27). The SMILES string of the molecule is Cc1ccc(-c2csc(NC(=O)C3CCN(c4ncccn4)CC3)n2)cc1[N+](=O)[O-]. The molecule has 0 atom stereocenters. The van der Waals surface area contributed by atoms with Crippen LogP contribution in [0.5, 0.6) is 0 Å². The Bertz CT molecular complexity index is 1060. The lowest BCUT2D eigenvalue weighted by Crippen LogP contribution is -2.38. The molecule has 1 saturated heterocycles. The van der Waals surface area contributed by atoms with Crippen LogP contribution in [0, 0.1) is 23.0 Å². The number of thiazole rings is 1. The van der Waals surface area contributed by atoms with Crippen molar-refractivity contribution in [2.75, 3.05) is 23.3 Å². The molecule has 154 valence electrons. The number of anilines is 2. The molecule has 2 aromatic heterocycles. The van der Waals surface area contributed by atoms with E-state index in [2.05, 4.69) is 25.2 Å². The van der Waals surface area contributed by atoms with Gasteiger partial charge in [-0.15, -0.1) is 11.3 Å². The number of amides is 1. The van der Waals surface area contributed by atoms with E-state index >= 15 is 0 Å². The Kier molecular flexibility index (Phi) is 5.66. The lowest BCUT2D eigenvalue weighted by molar-refractivity contribution is -0.385. The number of hydrogen-bond acceptors (Lipinski definition) is 8. The van der Waals surface area contributed by atoms with Gasteiger partial charge < -0.3 is 10.2 Å². The summed E-state index contributed by atoms with van der Waals surface area (Å²) in [5.41, 5.74) is 1.91. The summed E-state index contributed by atoms with van der Waals surface area (Å²) in [7, 11) is 0. The van der Waals surface area contributed by atoms with Gasteiger partial charge in [0.1, 0.15) is 0 Å². The molecule has 0 aliphatic carbocycles. The average molecular weight is 424 g/mol. The summed E-state index contributed by atoms with van der Waals surface area (Å²) in [4.78, 5) is 38.5. The third-order valence-corrected chi connectivity index (χ3v) is 5.89.